The maximum atomic E-state index is 14.9. The number of hydrogen-bond donors (Lipinski definition) is 1. The number of benzene rings is 3. The van der Waals surface area contributed by atoms with E-state index in [0.29, 0.717) is 0 Å². The van der Waals surface area contributed by atoms with E-state index >= 15 is 0 Å². The second-order valence-corrected chi connectivity index (χ2v) is 12.9. The Morgan fingerprint density at radius 3 is 2.22 bits per heavy atom. The molecule has 0 saturated carbocycles. The summed E-state index contributed by atoms with van der Waals surface area (Å²) in [5, 5.41) is 2.94. The Morgan fingerprint density at radius 2 is 1.63 bits per heavy atom. The van der Waals surface area contributed by atoms with E-state index in [4.69, 9.17) is 4.74 Å². The smallest absolute Gasteiger partial charge is 0.244 e. The summed E-state index contributed by atoms with van der Waals surface area (Å²) < 4.78 is 47.3. The van der Waals surface area contributed by atoms with Gasteiger partial charge in [0.15, 0.2) is 0 Å². The Bertz CT molecular complexity index is 1470. The van der Waals surface area contributed by atoms with E-state index in [0.717, 1.165) is 21.7 Å². The SMILES string of the molecule is COc1ccc(C)cc1N(CC(=O)N(Cc1ccccc1F)[C@H](Cc1ccccc1)C(=O)NC(C)(C)C)S(C)(=O)=O. The van der Waals surface area contributed by atoms with Gasteiger partial charge in [-0.25, -0.2) is 12.8 Å². The van der Waals surface area contributed by atoms with Crippen LogP contribution >= 0.6 is 0 Å². The third kappa shape index (κ3) is 8.78. The van der Waals surface area contributed by atoms with Gasteiger partial charge in [-0.1, -0.05) is 54.6 Å². The molecule has 0 aromatic heterocycles. The first-order chi connectivity index (χ1) is 19.2. The van der Waals surface area contributed by atoms with Crippen LogP contribution < -0.4 is 14.4 Å². The first-order valence-electron chi connectivity index (χ1n) is 13.2. The number of ether oxygens (including phenoxy) is 1. The average Bonchev–Trinajstić information content (AvgIpc) is 2.89. The molecule has 1 atom stereocenters. The lowest BCUT2D eigenvalue weighted by atomic mass is 10.0. The van der Waals surface area contributed by atoms with E-state index < -0.39 is 45.8 Å². The maximum absolute atomic E-state index is 14.9. The summed E-state index contributed by atoms with van der Waals surface area (Å²) in [5.74, 6) is -1.39. The van der Waals surface area contributed by atoms with Crippen molar-refractivity contribution in [2.24, 2.45) is 0 Å². The zero-order chi connectivity index (χ0) is 30.4. The molecule has 0 aliphatic heterocycles. The summed E-state index contributed by atoms with van der Waals surface area (Å²) in [6, 6.07) is 19.1. The number of methoxy groups -OCH3 is 1. The second kappa shape index (κ2) is 13.2. The zero-order valence-electron chi connectivity index (χ0n) is 24.3. The Kier molecular flexibility index (Phi) is 10.1. The number of halogens is 1. The van der Waals surface area contributed by atoms with E-state index in [1.807, 2.05) is 51.1 Å². The van der Waals surface area contributed by atoms with E-state index in [2.05, 4.69) is 5.32 Å². The highest BCUT2D eigenvalue weighted by Gasteiger charge is 2.35. The Labute approximate surface area is 242 Å². The molecule has 2 amide bonds. The molecule has 3 rings (SSSR count). The second-order valence-electron chi connectivity index (χ2n) is 11.0. The van der Waals surface area contributed by atoms with Gasteiger partial charge in [-0.2, -0.15) is 0 Å². The van der Waals surface area contributed by atoms with Crippen molar-refractivity contribution in [2.45, 2.75) is 52.2 Å². The van der Waals surface area contributed by atoms with Crippen molar-refractivity contribution in [1.82, 2.24) is 10.2 Å². The molecule has 1 N–H and O–H groups in total. The Morgan fingerprint density at radius 1 is 1.00 bits per heavy atom. The Hall–Kier alpha value is -3.92. The van der Waals surface area contributed by atoms with Crippen molar-refractivity contribution in [2.75, 3.05) is 24.2 Å². The van der Waals surface area contributed by atoms with E-state index in [1.54, 1.807) is 31.2 Å². The Balaban J connectivity index is 2.13. The molecule has 3 aromatic carbocycles. The summed E-state index contributed by atoms with van der Waals surface area (Å²) in [6.45, 7) is 6.39. The van der Waals surface area contributed by atoms with Gasteiger partial charge in [-0.05, 0) is 57.0 Å². The van der Waals surface area contributed by atoms with Gasteiger partial charge in [0.1, 0.15) is 24.2 Å². The highest BCUT2D eigenvalue weighted by molar-refractivity contribution is 7.92. The summed E-state index contributed by atoms with van der Waals surface area (Å²) in [5.41, 5.74) is 1.31. The van der Waals surface area contributed by atoms with Crippen LogP contribution in [0.4, 0.5) is 10.1 Å². The number of anilines is 1. The van der Waals surface area contributed by atoms with Gasteiger partial charge in [-0.15, -0.1) is 0 Å². The number of aryl methyl sites for hydroxylation is 1. The molecule has 0 saturated heterocycles. The molecule has 220 valence electrons. The first kappa shape index (κ1) is 31.6. The number of sulfonamides is 1. The third-order valence-electron chi connectivity index (χ3n) is 6.35. The molecule has 0 spiro atoms. The number of nitrogens with one attached hydrogen (secondary N) is 1. The fraction of sp³-hybridized carbons (Fsp3) is 0.355. The molecule has 3 aromatic rings. The summed E-state index contributed by atoms with van der Waals surface area (Å²) >= 11 is 0. The molecule has 8 nitrogen and oxygen atoms in total. The van der Waals surface area contributed by atoms with E-state index in [1.165, 1.54) is 30.2 Å². The van der Waals surface area contributed by atoms with Crippen LogP contribution in [-0.4, -0.2) is 56.6 Å². The van der Waals surface area contributed by atoms with Crippen molar-refractivity contribution < 1.29 is 27.1 Å². The topological polar surface area (TPSA) is 96.0 Å². The van der Waals surface area contributed by atoms with E-state index in [9.17, 15) is 22.4 Å². The standard InChI is InChI=1S/C31H38FN3O5S/c1-22-16-17-28(40-5)26(18-22)35(41(6,38)39)21-29(36)34(20-24-14-10-11-15-25(24)32)27(30(37)33-31(2,3)4)19-23-12-8-7-9-13-23/h7-18,27H,19-21H2,1-6H3,(H,33,37)/t27-/m1/s1. The average molecular weight is 584 g/mol. The van der Waals surface area contributed by atoms with Gasteiger partial charge in [-0.3, -0.25) is 13.9 Å². The number of carbonyl (C=O) groups excluding carboxylic acids is 2. The fourth-order valence-electron chi connectivity index (χ4n) is 4.41. The number of nitrogens with zero attached hydrogens (tertiary/aromatic N) is 2. The fourth-order valence-corrected chi connectivity index (χ4v) is 5.25. The summed E-state index contributed by atoms with van der Waals surface area (Å²) in [7, 11) is -2.57. The minimum atomic E-state index is -3.98. The van der Waals surface area contributed by atoms with Crippen LogP contribution in [0.2, 0.25) is 0 Å². The van der Waals surface area contributed by atoms with Crippen LogP contribution in [0.15, 0.2) is 72.8 Å². The molecule has 0 fully saturated rings. The number of carbonyl (C=O) groups is 2. The lowest BCUT2D eigenvalue weighted by molar-refractivity contribution is -0.140. The lowest BCUT2D eigenvalue weighted by Crippen LogP contribution is -2.56. The van der Waals surface area contributed by atoms with Crippen molar-refractivity contribution in [1.29, 1.82) is 0 Å². The summed E-state index contributed by atoms with van der Waals surface area (Å²) in [4.78, 5) is 29.1. The van der Waals surface area contributed by atoms with Gasteiger partial charge < -0.3 is 15.0 Å². The molecular formula is C31H38FN3O5S. The molecule has 41 heavy (non-hydrogen) atoms. The van der Waals surface area contributed by atoms with Crippen molar-refractivity contribution >= 4 is 27.5 Å². The van der Waals surface area contributed by atoms with Gasteiger partial charge in [0.25, 0.3) is 0 Å². The van der Waals surface area contributed by atoms with Crippen molar-refractivity contribution in [3.8, 4) is 5.75 Å². The number of rotatable bonds is 11. The van der Waals surface area contributed by atoms with Crippen LogP contribution in [0.25, 0.3) is 0 Å². The predicted molar refractivity (Wildman–Crippen MR) is 159 cm³/mol. The summed E-state index contributed by atoms with van der Waals surface area (Å²) in [6.07, 6.45) is 1.13. The molecular weight excluding hydrogens is 545 g/mol. The molecule has 0 radical (unpaired) electrons. The molecule has 10 heteroatoms. The van der Waals surface area contributed by atoms with Crippen LogP contribution in [-0.2, 0) is 32.6 Å². The van der Waals surface area contributed by atoms with Gasteiger partial charge in [0, 0.05) is 24.1 Å². The molecule has 0 bridgehead atoms. The van der Waals surface area contributed by atoms with Crippen molar-refractivity contribution in [3.63, 3.8) is 0 Å². The van der Waals surface area contributed by atoms with Crippen LogP contribution in [0, 0.1) is 12.7 Å². The third-order valence-corrected chi connectivity index (χ3v) is 7.48. The monoisotopic (exact) mass is 583 g/mol. The van der Waals surface area contributed by atoms with Crippen LogP contribution in [0.1, 0.15) is 37.5 Å². The van der Waals surface area contributed by atoms with Gasteiger partial charge in [0.2, 0.25) is 21.8 Å². The largest absolute Gasteiger partial charge is 0.495 e. The predicted octanol–water partition coefficient (Wildman–Crippen LogP) is 4.46. The molecule has 0 aliphatic carbocycles. The van der Waals surface area contributed by atoms with Crippen LogP contribution in [0.5, 0.6) is 5.75 Å². The normalized spacial score (nSPS) is 12.4. The van der Waals surface area contributed by atoms with Crippen molar-refractivity contribution in [3.05, 3.63) is 95.3 Å². The van der Waals surface area contributed by atoms with Gasteiger partial charge in [0.05, 0.1) is 19.1 Å². The minimum absolute atomic E-state index is 0.135. The highest BCUT2D eigenvalue weighted by Crippen LogP contribution is 2.31. The van der Waals surface area contributed by atoms with Gasteiger partial charge >= 0.3 is 0 Å². The molecule has 0 unspecified atom stereocenters. The number of hydrogen-bond acceptors (Lipinski definition) is 5. The molecule has 0 heterocycles. The zero-order valence-corrected chi connectivity index (χ0v) is 25.2. The molecule has 0 aliphatic rings. The first-order valence-corrected chi connectivity index (χ1v) is 15.1. The van der Waals surface area contributed by atoms with E-state index in [-0.39, 0.29) is 30.0 Å². The minimum Gasteiger partial charge on any atom is -0.495 e. The quantitative estimate of drug-likeness (QED) is 0.360. The van der Waals surface area contributed by atoms with Crippen LogP contribution in [0.3, 0.4) is 0 Å². The number of amides is 2. The highest BCUT2D eigenvalue weighted by atomic mass is 32.2. The lowest BCUT2D eigenvalue weighted by Gasteiger charge is -2.35. The maximum Gasteiger partial charge on any atom is 0.244 e.